The van der Waals surface area contributed by atoms with Crippen molar-refractivity contribution in [2.75, 3.05) is 14.2 Å². The average Bonchev–Trinajstić information content (AvgIpc) is 3.10. The first-order valence-corrected chi connectivity index (χ1v) is 18.2. The Labute approximate surface area is 308 Å². The van der Waals surface area contributed by atoms with Gasteiger partial charge in [0.15, 0.2) is 18.2 Å². The monoisotopic (exact) mass is 729 g/mol. The molecule has 3 rings (SSSR count). The molecule has 12 nitrogen and oxygen atoms in total. The highest BCUT2D eigenvalue weighted by Gasteiger charge is 2.52. The van der Waals surface area contributed by atoms with Gasteiger partial charge in [-0.25, -0.2) is 0 Å². The Morgan fingerprint density at radius 3 is 2.21 bits per heavy atom. The predicted octanol–water partition coefficient (Wildman–Crippen LogP) is 3.85. The molecule has 2 aliphatic heterocycles. The third kappa shape index (κ3) is 9.67. The number of ketones is 2. The zero-order valence-corrected chi connectivity index (χ0v) is 32.6. The van der Waals surface area contributed by atoms with Crippen LogP contribution >= 0.6 is 0 Å². The number of nitrogens with zero attached hydrogens (tertiary/aromatic N) is 1. The Bertz CT molecular complexity index is 1450. The van der Waals surface area contributed by atoms with Crippen LogP contribution in [0.1, 0.15) is 92.7 Å². The van der Waals surface area contributed by atoms with Crippen LogP contribution < -0.4 is 0 Å². The molecule has 2 saturated heterocycles. The largest absolute Gasteiger partial charge is 0.459 e. The van der Waals surface area contributed by atoms with Gasteiger partial charge >= 0.3 is 11.9 Å². The molecule has 0 amide bonds. The van der Waals surface area contributed by atoms with Crippen LogP contribution in [0, 0.1) is 36.0 Å². The molecule has 0 saturated carbocycles. The van der Waals surface area contributed by atoms with E-state index in [0.717, 1.165) is 11.1 Å². The molecular weight excluding hydrogens is 670 g/mol. The summed E-state index contributed by atoms with van der Waals surface area (Å²) in [7, 11) is 3.35. The van der Waals surface area contributed by atoms with Gasteiger partial charge in [0.1, 0.15) is 23.4 Å². The standard InChI is InChI=1S/C40H59NO11/c1-13-28-15-17-29(18-16-28)21-41(11)30-19-23(4)49-38(34(30)50-27(8)42)52-36-25(6)33(44)26(7)37(46)51-31(14-2)40(10,47)35(45)24(5)32(43)22(3)20-39(36,9)48-12/h1,15-18,22-26,30-31,34-36,38,45,47H,14,19-21H2,2-12H3/t22-,23-,24+,25+,26-,30+,31-,34+,35-,36-,38+,39-,40-/m1/s1. The Morgan fingerprint density at radius 1 is 1.06 bits per heavy atom. The fourth-order valence-electron chi connectivity index (χ4n) is 7.77. The first kappa shape index (κ1) is 43.2. The number of hydrogen-bond acceptors (Lipinski definition) is 12. The van der Waals surface area contributed by atoms with Crippen molar-refractivity contribution in [1.29, 1.82) is 0 Å². The van der Waals surface area contributed by atoms with E-state index < -0.39 is 83.3 Å². The van der Waals surface area contributed by atoms with Crippen molar-refractivity contribution >= 4 is 23.5 Å². The quantitative estimate of drug-likeness (QED) is 0.227. The van der Waals surface area contributed by atoms with Crippen LogP contribution in [0.2, 0.25) is 0 Å². The van der Waals surface area contributed by atoms with Gasteiger partial charge in [-0.2, -0.15) is 0 Å². The zero-order valence-electron chi connectivity index (χ0n) is 32.6. The van der Waals surface area contributed by atoms with Gasteiger partial charge in [0.25, 0.3) is 0 Å². The Balaban J connectivity index is 2.09. The molecular formula is C40H59NO11. The summed E-state index contributed by atoms with van der Waals surface area (Å²) in [5.74, 6) is -3.83. The lowest BCUT2D eigenvalue weighted by atomic mass is 9.74. The second-order valence-corrected chi connectivity index (χ2v) is 15.2. The van der Waals surface area contributed by atoms with Gasteiger partial charge in [0, 0.05) is 43.9 Å². The number of ether oxygens (including phenoxy) is 5. The molecule has 0 radical (unpaired) electrons. The second-order valence-electron chi connectivity index (χ2n) is 15.2. The topological polar surface area (TPSA) is 158 Å². The molecule has 0 spiro atoms. The summed E-state index contributed by atoms with van der Waals surface area (Å²) in [5, 5.41) is 22.7. The lowest BCUT2D eigenvalue weighted by Gasteiger charge is -2.48. The molecule has 0 aliphatic carbocycles. The normalized spacial score (nSPS) is 38.2. The number of cyclic esters (lactones) is 1. The number of benzene rings is 1. The molecule has 13 atom stereocenters. The fourth-order valence-corrected chi connectivity index (χ4v) is 7.77. The van der Waals surface area contributed by atoms with E-state index in [1.807, 2.05) is 38.2 Å². The van der Waals surface area contributed by atoms with Crippen molar-refractivity contribution < 1.29 is 53.1 Å². The summed E-state index contributed by atoms with van der Waals surface area (Å²) in [6.45, 7) is 14.6. The van der Waals surface area contributed by atoms with E-state index in [4.69, 9.17) is 30.1 Å². The Morgan fingerprint density at radius 2 is 1.67 bits per heavy atom. The van der Waals surface area contributed by atoms with E-state index >= 15 is 0 Å². The van der Waals surface area contributed by atoms with E-state index in [9.17, 15) is 29.4 Å². The summed E-state index contributed by atoms with van der Waals surface area (Å²) >= 11 is 0. The minimum Gasteiger partial charge on any atom is -0.459 e. The Hall–Kier alpha value is -3.18. The molecule has 0 aromatic heterocycles. The van der Waals surface area contributed by atoms with Crippen LogP contribution in [0.15, 0.2) is 24.3 Å². The highest BCUT2D eigenvalue weighted by atomic mass is 16.7. The smallest absolute Gasteiger partial charge is 0.316 e. The number of likely N-dealkylation sites (N-methyl/N-ethyl adjacent to an activating group) is 1. The molecule has 290 valence electrons. The molecule has 2 aliphatic rings. The van der Waals surface area contributed by atoms with Crippen molar-refractivity contribution in [2.45, 2.75) is 142 Å². The van der Waals surface area contributed by atoms with Gasteiger partial charge in [-0.05, 0) is 71.7 Å². The van der Waals surface area contributed by atoms with E-state index in [1.54, 1.807) is 27.7 Å². The maximum absolute atomic E-state index is 14.2. The molecule has 1 aromatic carbocycles. The summed E-state index contributed by atoms with van der Waals surface area (Å²) in [4.78, 5) is 56.1. The van der Waals surface area contributed by atoms with E-state index in [2.05, 4.69) is 10.8 Å². The third-order valence-electron chi connectivity index (χ3n) is 11.0. The zero-order chi connectivity index (χ0) is 39.3. The van der Waals surface area contributed by atoms with E-state index in [-0.39, 0.29) is 30.8 Å². The van der Waals surface area contributed by atoms with Gasteiger partial charge in [-0.15, -0.1) is 6.42 Å². The van der Waals surface area contributed by atoms with Crippen LogP contribution in [0.5, 0.6) is 0 Å². The number of aliphatic hydroxyl groups is 2. The fraction of sp³-hybridized carbons (Fsp3) is 0.700. The molecule has 2 fully saturated rings. The molecule has 2 N–H and O–H groups in total. The Kier molecular flexibility index (Phi) is 14.8. The number of carbonyl (C=O) groups excluding carboxylic acids is 4. The number of Topliss-reactive ketones (excluding diaryl/α,β-unsaturated/α-hetero) is 2. The highest BCUT2D eigenvalue weighted by Crippen LogP contribution is 2.39. The summed E-state index contributed by atoms with van der Waals surface area (Å²) in [6, 6.07) is 7.22. The highest BCUT2D eigenvalue weighted by molar-refractivity contribution is 6.00. The van der Waals surface area contributed by atoms with E-state index in [0.29, 0.717) is 13.0 Å². The minimum atomic E-state index is -1.98. The van der Waals surface area contributed by atoms with Crippen LogP contribution in [0.25, 0.3) is 0 Å². The number of methoxy groups -OCH3 is 1. The first-order valence-electron chi connectivity index (χ1n) is 18.2. The number of rotatable bonds is 8. The minimum absolute atomic E-state index is 0.0390. The predicted molar refractivity (Wildman–Crippen MR) is 193 cm³/mol. The third-order valence-corrected chi connectivity index (χ3v) is 11.0. The average molecular weight is 730 g/mol. The van der Waals surface area contributed by atoms with Crippen LogP contribution in [0.3, 0.4) is 0 Å². The van der Waals surface area contributed by atoms with Crippen molar-refractivity contribution in [3.05, 3.63) is 35.4 Å². The molecule has 1 aromatic rings. The van der Waals surface area contributed by atoms with Crippen LogP contribution in [-0.2, 0) is 49.4 Å². The second kappa shape index (κ2) is 17.8. The lowest BCUT2D eigenvalue weighted by molar-refractivity contribution is -0.299. The number of esters is 2. The maximum Gasteiger partial charge on any atom is 0.316 e. The van der Waals surface area contributed by atoms with Crippen molar-refractivity contribution in [3.8, 4) is 12.3 Å². The number of terminal acetylenes is 1. The van der Waals surface area contributed by atoms with Crippen LogP contribution in [-0.4, -0.2) is 107 Å². The van der Waals surface area contributed by atoms with Crippen molar-refractivity contribution in [2.24, 2.45) is 23.7 Å². The van der Waals surface area contributed by atoms with E-state index in [1.165, 1.54) is 34.8 Å². The SMILES string of the molecule is C#Cc1ccc(CN(C)[C@H]2C[C@@H](C)O[C@@H](O[C@@H]3[C@@H](C)C(=O)[C@@H](C)C(=O)O[C@H](CC)[C@@](C)(O)[C@H](O)[C@@H](C)C(=O)[C@H](C)C[C@@]3(C)OC)[C@H]2OC(C)=O)cc1. The van der Waals surface area contributed by atoms with Gasteiger partial charge in [0.05, 0.1) is 30.0 Å². The number of carbonyl (C=O) groups is 4. The van der Waals surface area contributed by atoms with Crippen molar-refractivity contribution in [1.82, 2.24) is 4.90 Å². The first-order chi connectivity index (χ1) is 24.2. The summed E-state index contributed by atoms with van der Waals surface area (Å²) in [6.07, 6.45) is -0.191. The maximum atomic E-state index is 14.2. The van der Waals surface area contributed by atoms with Gasteiger partial charge in [-0.1, -0.05) is 45.7 Å². The van der Waals surface area contributed by atoms with Crippen LogP contribution in [0.4, 0.5) is 0 Å². The lowest BCUT2D eigenvalue weighted by Crippen LogP contribution is -2.61. The molecule has 0 bridgehead atoms. The number of aliphatic hydroxyl groups excluding tert-OH is 1. The summed E-state index contributed by atoms with van der Waals surface area (Å²) < 4.78 is 30.8. The van der Waals surface area contributed by atoms with Crippen molar-refractivity contribution in [3.63, 3.8) is 0 Å². The molecule has 52 heavy (non-hydrogen) atoms. The molecule has 2 heterocycles. The van der Waals surface area contributed by atoms with Gasteiger partial charge in [0.2, 0.25) is 0 Å². The van der Waals surface area contributed by atoms with Gasteiger partial charge in [-0.3, -0.25) is 24.1 Å². The molecule has 0 unspecified atom stereocenters. The molecule has 12 heteroatoms. The number of hydrogen-bond donors (Lipinski definition) is 2. The summed E-state index contributed by atoms with van der Waals surface area (Å²) in [5.41, 5.74) is -1.58. The van der Waals surface area contributed by atoms with Gasteiger partial charge < -0.3 is 33.9 Å².